The number of benzene rings is 1. The molecule has 0 bridgehead atoms. The lowest BCUT2D eigenvalue weighted by Crippen LogP contribution is -2.56. The van der Waals surface area contributed by atoms with E-state index in [2.05, 4.69) is 21.2 Å². The summed E-state index contributed by atoms with van der Waals surface area (Å²) in [5.41, 5.74) is 1.40. The normalized spacial score (nSPS) is 21.1. The SMILES string of the molecule is CC(O)Cn1cc(NC(=O)C2(C3CCCCCC3)COC2)c2c(Br)cccc21. The minimum atomic E-state index is -0.463. The molecule has 2 aromatic rings. The molecule has 6 heteroatoms. The van der Waals surface area contributed by atoms with Crippen LogP contribution in [0.25, 0.3) is 10.9 Å². The molecule has 5 nitrogen and oxygen atoms in total. The molecule has 1 saturated heterocycles. The molecule has 2 aliphatic rings. The molecule has 1 aromatic heterocycles. The maximum absolute atomic E-state index is 13.4. The molecule has 4 rings (SSSR count). The van der Waals surface area contributed by atoms with E-state index in [0.717, 1.165) is 33.9 Å². The van der Waals surface area contributed by atoms with Gasteiger partial charge in [-0.2, -0.15) is 0 Å². The predicted molar refractivity (Wildman–Crippen MR) is 114 cm³/mol. The summed E-state index contributed by atoms with van der Waals surface area (Å²) < 4.78 is 8.50. The van der Waals surface area contributed by atoms with Gasteiger partial charge >= 0.3 is 0 Å². The second kappa shape index (κ2) is 8.17. The maximum atomic E-state index is 13.4. The van der Waals surface area contributed by atoms with Crippen molar-refractivity contribution in [3.63, 3.8) is 0 Å². The van der Waals surface area contributed by atoms with Gasteiger partial charge < -0.3 is 19.7 Å². The third-order valence-electron chi connectivity index (χ3n) is 6.37. The number of nitrogens with zero attached hydrogens (tertiary/aromatic N) is 1. The van der Waals surface area contributed by atoms with Crippen LogP contribution in [0.15, 0.2) is 28.9 Å². The summed E-state index contributed by atoms with van der Waals surface area (Å²) in [4.78, 5) is 13.4. The van der Waals surface area contributed by atoms with Crippen molar-refractivity contribution in [1.29, 1.82) is 0 Å². The zero-order valence-corrected chi connectivity index (χ0v) is 18.0. The molecule has 1 saturated carbocycles. The lowest BCUT2D eigenvalue weighted by atomic mass is 9.69. The molecule has 2 heterocycles. The predicted octanol–water partition coefficient (Wildman–Crippen LogP) is 4.71. The summed E-state index contributed by atoms with van der Waals surface area (Å²) in [5.74, 6) is 0.482. The van der Waals surface area contributed by atoms with E-state index in [0.29, 0.717) is 25.7 Å². The van der Waals surface area contributed by atoms with Crippen LogP contribution in [0.3, 0.4) is 0 Å². The Morgan fingerprint density at radius 3 is 2.64 bits per heavy atom. The quantitative estimate of drug-likeness (QED) is 0.650. The van der Waals surface area contributed by atoms with Gasteiger partial charge in [0.1, 0.15) is 0 Å². The molecule has 152 valence electrons. The van der Waals surface area contributed by atoms with Crippen molar-refractivity contribution in [2.24, 2.45) is 11.3 Å². The smallest absolute Gasteiger partial charge is 0.235 e. The van der Waals surface area contributed by atoms with Gasteiger partial charge in [0.15, 0.2) is 0 Å². The Labute approximate surface area is 174 Å². The molecular formula is C22H29BrN2O3. The van der Waals surface area contributed by atoms with Crippen LogP contribution in [0.2, 0.25) is 0 Å². The third kappa shape index (κ3) is 3.62. The summed E-state index contributed by atoms with van der Waals surface area (Å²) in [7, 11) is 0. The molecular weight excluding hydrogens is 420 g/mol. The van der Waals surface area contributed by atoms with Crippen molar-refractivity contribution >= 4 is 38.4 Å². The van der Waals surface area contributed by atoms with Crippen LogP contribution in [-0.2, 0) is 16.1 Å². The van der Waals surface area contributed by atoms with Gasteiger partial charge in [0, 0.05) is 22.6 Å². The first-order valence-electron chi connectivity index (χ1n) is 10.4. The van der Waals surface area contributed by atoms with Crippen LogP contribution in [0, 0.1) is 11.3 Å². The van der Waals surface area contributed by atoms with Gasteiger partial charge in [-0.25, -0.2) is 0 Å². The van der Waals surface area contributed by atoms with E-state index < -0.39 is 11.5 Å². The van der Waals surface area contributed by atoms with Gasteiger partial charge in [-0.05, 0) is 37.8 Å². The molecule has 1 aliphatic carbocycles. The Hall–Kier alpha value is -1.37. The van der Waals surface area contributed by atoms with E-state index in [1.165, 1.54) is 25.7 Å². The van der Waals surface area contributed by atoms with Crippen molar-refractivity contribution in [3.05, 3.63) is 28.9 Å². The Balaban J connectivity index is 1.64. The van der Waals surface area contributed by atoms with Crippen LogP contribution in [-0.4, -0.2) is 34.9 Å². The van der Waals surface area contributed by atoms with E-state index in [1.54, 1.807) is 6.92 Å². The molecule has 0 spiro atoms. The topological polar surface area (TPSA) is 63.5 Å². The number of aliphatic hydroxyl groups is 1. The van der Waals surface area contributed by atoms with E-state index >= 15 is 0 Å². The minimum Gasteiger partial charge on any atom is -0.392 e. The Morgan fingerprint density at radius 1 is 1.32 bits per heavy atom. The first-order valence-corrected chi connectivity index (χ1v) is 11.2. The van der Waals surface area contributed by atoms with Crippen molar-refractivity contribution in [3.8, 4) is 0 Å². The summed E-state index contributed by atoms with van der Waals surface area (Å²) in [6.45, 7) is 3.31. The number of hydrogen-bond acceptors (Lipinski definition) is 3. The number of hydrogen-bond donors (Lipinski definition) is 2. The largest absolute Gasteiger partial charge is 0.392 e. The average Bonchev–Trinajstić information content (AvgIpc) is 2.79. The van der Waals surface area contributed by atoms with Crippen molar-refractivity contribution < 1.29 is 14.6 Å². The van der Waals surface area contributed by atoms with Gasteiger partial charge in [-0.15, -0.1) is 0 Å². The number of carbonyl (C=O) groups is 1. The van der Waals surface area contributed by atoms with Crippen LogP contribution >= 0.6 is 15.9 Å². The minimum absolute atomic E-state index is 0.0810. The fourth-order valence-corrected chi connectivity index (χ4v) is 5.36. The third-order valence-corrected chi connectivity index (χ3v) is 7.03. The summed E-state index contributed by atoms with van der Waals surface area (Å²) in [5, 5.41) is 14.1. The molecule has 1 atom stereocenters. The number of fused-ring (bicyclic) bond motifs is 1. The number of anilines is 1. The first kappa shape index (κ1) is 19.9. The second-order valence-corrected chi connectivity index (χ2v) is 9.32. The molecule has 1 aromatic carbocycles. The van der Waals surface area contributed by atoms with Crippen LogP contribution < -0.4 is 5.32 Å². The highest BCUT2D eigenvalue weighted by atomic mass is 79.9. The zero-order chi connectivity index (χ0) is 19.7. The molecule has 0 radical (unpaired) electrons. The molecule has 28 heavy (non-hydrogen) atoms. The molecule has 2 fully saturated rings. The first-order chi connectivity index (χ1) is 13.5. The zero-order valence-electron chi connectivity index (χ0n) is 16.4. The number of rotatable bonds is 5. The fraction of sp³-hybridized carbons (Fsp3) is 0.591. The number of carbonyl (C=O) groups excluding carboxylic acids is 1. The highest BCUT2D eigenvalue weighted by Gasteiger charge is 2.51. The van der Waals surface area contributed by atoms with Gasteiger partial charge in [0.25, 0.3) is 0 Å². The number of aliphatic hydroxyl groups excluding tert-OH is 1. The molecule has 2 N–H and O–H groups in total. The van der Waals surface area contributed by atoms with Crippen LogP contribution in [0.5, 0.6) is 0 Å². The van der Waals surface area contributed by atoms with E-state index in [4.69, 9.17) is 4.74 Å². The van der Waals surface area contributed by atoms with Gasteiger partial charge in [0.05, 0.1) is 35.9 Å². The van der Waals surface area contributed by atoms with E-state index in [1.807, 2.05) is 29.0 Å². The number of aromatic nitrogens is 1. The summed E-state index contributed by atoms with van der Waals surface area (Å²) >= 11 is 3.63. The standard InChI is InChI=1S/C22H29BrN2O3/c1-15(26)11-25-12-18(20-17(23)9-6-10-19(20)25)24-21(27)22(13-28-14-22)16-7-4-2-3-5-8-16/h6,9-10,12,15-16,26H,2-5,7-8,11,13-14H2,1H3,(H,24,27). The average molecular weight is 449 g/mol. The highest BCUT2D eigenvalue weighted by molar-refractivity contribution is 9.10. The highest BCUT2D eigenvalue weighted by Crippen LogP contribution is 2.44. The van der Waals surface area contributed by atoms with Crippen LogP contribution in [0.1, 0.15) is 45.4 Å². The van der Waals surface area contributed by atoms with Crippen LogP contribution in [0.4, 0.5) is 5.69 Å². The van der Waals surface area contributed by atoms with E-state index in [-0.39, 0.29) is 5.91 Å². The summed E-state index contributed by atoms with van der Waals surface area (Å²) in [6.07, 6.45) is 8.67. The van der Waals surface area contributed by atoms with Gasteiger partial charge in [-0.3, -0.25) is 4.79 Å². The second-order valence-electron chi connectivity index (χ2n) is 8.47. The Kier molecular flexibility index (Phi) is 5.81. The van der Waals surface area contributed by atoms with Crippen molar-refractivity contribution in [2.45, 2.75) is 58.1 Å². The van der Waals surface area contributed by atoms with Gasteiger partial charge in [-0.1, -0.05) is 47.7 Å². The number of halogens is 1. The van der Waals surface area contributed by atoms with Crippen molar-refractivity contribution in [1.82, 2.24) is 4.57 Å². The van der Waals surface area contributed by atoms with Gasteiger partial charge in [0.2, 0.25) is 5.91 Å². The van der Waals surface area contributed by atoms with E-state index in [9.17, 15) is 9.90 Å². The number of nitrogens with one attached hydrogen (secondary N) is 1. The molecule has 1 aliphatic heterocycles. The Morgan fingerprint density at radius 2 is 2.04 bits per heavy atom. The molecule has 1 unspecified atom stereocenters. The molecule has 1 amide bonds. The number of amides is 1. The summed E-state index contributed by atoms with van der Waals surface area (Å²) in [6, 6.07) is 5.98. The lowest BCUT2D eigenvalue weighted by molar-refractivity contribution is -0.170. The monoisotopic (exact) mass is 448 g/mol. The fourth-order valence-electron chi connectivity index (χ4n) is 4.79. The lowest BCUT2D eigenvalue weighted by Gasteiger charge is -2.45. The Bertz CT molecular complexity index is 849. The number of ether oxygens (including phenoxy) is 1. The maximum Gasteiger partial charge on any atom is 0.235 e. The van der Waals surface area contributed by atoms with Crippen molar-refractivity contribution in [2.75, 3.05) is 18.5 Å².